The molecule has 116 valence electrons. The predicted octanol–water partition coefficient (Wildman–Crippen LogP) is 4.59. The van der Waals surface area contributed by atoms with Crippen molar-refractivity contribution in [3.8, 4) is 0 Å². The summed E-state index contributed by atoms with van der Waals surface area (Å²) in [6.45, 7) is 3.40. The molecule has 0 radical (unpaired) electrons. The van der Waals surface area contributed by atoms with E-state index in [0.29, 0.717) is 28.3 Å². The fourth-order valence-electron chi connectivity index (χ4n) is 2.91. The zero-order valence-electron chi connectivity index (χ0n) is 12.4. The van der Waals surface area contributed by atoms with Crippen LogP contribution in [0.3, 0.4) is 0 Å². The molecule has 0 heterocycles. The van der Waals surface area contributed by atoms with Gasteiger partial charge in [-0.3, -0.25) is 9.69 Å². The summed E-state index contributed by atoms with van der Waals surface area (Å²) in [5, 5.41) is 3.93. The number of hydrogen-bond acceptors (Lipinski definition) is 2. The van der Waals surface area contributed by atoms with Gasteiger partial charge in [0.25, 0.3) is 0 Å². The molecule has 1 amide bonds. The van der Waals surface area contributed by atoms with Crippen LogP contribution in [-0.2, 0) is 4.79 Å². The highest BCUT2D eigenvalue weighted by molar-refractivity contribution is 6.35. The summed E-state index contributed by atoms with van der Waals surface area (Å²) in [4.78, 5) is 14.5. The van der Waals surface area contributed by atoms with Gasteiger partial charge in [0.2, 0.25) is 5.91 Å². The van der Waals surface area contributed by atoms with E-state index >= 15 is 0 Å². The molecule has 0 aliphatic heterocycles. The van der Waals surface area contributed by atoms with Crippen LogP contribution in [0.5, 0.6) is 0 Å². The van der Waals surface area contributed by atoms with Crippen molar-refractivity contribution in [2.24, 2.45) is 0 Å². The van der Waals surface area contributed by atoms with Gasteiger partial charge in [0.15, 0.2) is 0 Å². The van der Waals surface area contributed by atoms with Crippen LogP contribution in [0.1, 0.15) is 39.0 Å². The largest absolute Gasteiger partial charge is 0.324 e. The van der Waals surface area contributed by atoms with E-state index in [1.807, 2.05) is 0 Å². The third-order valence-electron chi connectivity index (χ3n) is 4.05. The number of rotatable bonds is 5. The number of hydrogen-bond donors (Lipinski definition) is 1. The maximum Gasteiger partial charge on any atom is 0.238 e. The lowest BCUT2D eigenvalue weighted by atomic mass is 9.94. The molecule has 1 aliphatic rings. The molecular weight excluding hydrogens is 307 g/mol. The highest BCUT2D eigenvalue weighted by Crippen LogP contribution is 2.26. The second-order valence-electron chi connectivity index (χ2n) is 5.53. The fourth-order valence-corrected chi connectivity index (χ4v) is 3.25. The molecule has 0 spiro atoms. The molecule has 0 atom stereocenters. The molecule has 2 rings (SSSR count). The van der Waals surface area contributed by atoms with E-state index in [4.69, 9.17) is 23.2 Å². The maximum absolute atomic E-state index is 12.2. The smallest absolute Gasteiger partial charge is 0.238 e. The summed E-state index contributed by atoms with van der Waals surface area (Å²) in [6.07, 6.45) is 6.24. The Balaban J connectivity index is 1.94. The van der Waals surface area contributed by atoms with Crippen molar-refractivity contribution in [1.29, 1.82) is 0 Å². The first kappa shape index (κ1) is 16.6. The topological polar surface area (TPSA) is 32.3 Å². The van der Waals surface area contributed by atoms with Crippen LogP contribution in [0.25, 0.3) is 0 Å². The Kier molecular flexibility index (Phi) is 6.34. The van der Waals surface area contributed by atoms with Crippen molar-refractivity contribution in [1.82, 2.24) is 4.90 Å². The van der Waals surface area contributed by atoms with Gasteiger partial charge >= 0.3 is 0 Å². The van der Waals surface area contributed by atoms with E-state index in [0.717, 1.165) is 6.54 Å². The van der Waals surface area contributed by atoms with Crippen molar-refractivity contribution in [2.75, 3.05) is 18.4 Å². The molecule has 5 heteroatoms. The lowest BCUT2D eigenvalue weighted by Gasteiger charge is -2.32. The zero-order chi connectivity index (χ0) is 15.2. The van der Waals surface area contributed by atoms with E-state index in [-0.39, 0.29) is 5.91 Å². The van der Waals surface area contributed by atoms with Crippen LogP contribution >= 0.6 is 23.2 Å². The number of nitrogens with one attached hydrogen (secondary N) is 1. The number of anilines is 1. The summed E-state index contributed by atoms with van der Waals surface area (Å²) in [6, 6.07) is 5.61. The number of benzene rings is 1. The summed E-state index contributed by atoms with van der Waals surface area (Å²) in [5.74, 6) is -0.0356. The Morgan fingerprint density at radius 1 is 1.29 bits per heavy atom. The Hall–Kier alpha value is -0.770. The quantitative estimate of drug-likeness (QED) is 0.857. The first-order valence-electron chi connectivity index (χ1n) is 7.59. The first-order chi connectivity index (χ1) is 10.1. The molecule has 21 heavy (non-hydrogen) atoms. The average Bonchev–Trinajstić information content (AvgIpc) is 2.49. The van der Waals surface area contributed by atoms with Gasteiger partial charge in [-0.15, -0.1) is 0 Å². The number of carbonyl (C=O) groups excluding carboxylic acids is 1. The van der Waals surface area contributed by atoms with Gasteiger partial charge in [-0.05, 0) is 37.6 Å². The van der Waals surface area contributed by atoms with Crippen molar-refractivity contribution in [3.05, 3.63) is 28.2 Å². The number of nitrogens with zero attached hydrogens (tertiary/aromatic N) is 1. The molecule has 0 bridgehead atoms. The van der Waals surface area contributed by atoms with Crippen LogP contribution in [0, 0.1) is 0 Å². The Bertz CT molecular complexity index is 487. The summed E-state index contributed by atoms with van der Waals surface area (Å²) in [7, 11) is 0. The molecule has 1 aromatic carbocycles. The lowest BCUT2D eigenvalue weighted by molar-refractivity contribution is -0.118. The van der Waals surface area contributed by atoms with Crippen LogP contribution < -0.4 is 5.32 Å². The summed E-state index contributed by atoms with van der Waals surface area (Å²) in [5.41, 5.74) is 0.578. The minimum atomic E-state index is -0.0356. The van der Waals surface area contributed by atoms with Crippen LogP contribution in [0.4, 0.5) is 5.69 Å². The number of halogens is 2. The molecule has 0 aromatic heterocycles. The highest BCUT2D eigenvalue weighted by Gasteiger charge is 2.22. The van der Waals surface area contributed by atoms with Crippen molar-refractivity contribution >= 4 is 34.8 Å². The third-order valence-corrected chi connectivity index (χ3v) is 4.61. The second kappa shape index (κ2) is 8.02. The normalized spacial score (nSPS) is 16.2. The third kappa shape index (κ3) is 4.87. The van der Waals surface area contributed by atoms with Gasteiger partial charge in [0.1, 0.15) is 0 Å². The van der Waals surface area contributed by atoms with Gasteiger partial charge in [-0.25, -0.2) is 0 Å². The minimum absolute atomic E-state index is 0.0356. The Morgan fingerprint density at radius 3 is 2.67 bits per heavy atom. The lowest BCUT2D eigenvalue weighted by Crippen LogP contribution is -2.41. The van der Waals surface area contributed by atoms with E-state index in [9.17, 15) is 4.79 Å². The summed E-state index contributed by atoms with van der Waals surface area (Å²) >= 11 is 12.0. The minimum Gasteiger partial charge on any atom is -0.324 e. The number of likely N-dealkylation sites (N-methyl/N-ethyl adjacent to an activating group) is 1. The number of amides is 1. The molecule has 0 saturated heterocycles. The standard InChI is InChI=1S/C16H22Cl2N2O/c1-2-20(13-6-4-3-5-7-13)11-16(21)19-15-10-12(17)8-9-14(15)18/h8-10,13H,2-7,11H2,1H3,(H,19,21). The monoisotopic (exact) mass is 328 g/mol. The molecule has 1 aliphatic carbocycles. The summed E-state index contributed by atoms with van der Waals surface area (Å²) < 4.78 is 0. The van der Waals surface area contributed by atoms with Gasteiger partial charge in [0.05, 0.1) is 17.3 Å². The first-order valence-corrected chi connectivity index (χ1v) is 8.34. The van der Waals surface area contributed by atoms with E-state index < -0.39 is 0 Å². The van der Waals surface area contributed by atoms with Crippen molar-refractivity contribution in [2.45, 2.75) is 45.1 Å². The SMILES string of the molecule is CCN(CC(=O)Nc1cc(Cl)ccc1Cl)C1CCCCC1. The Morgan fingerprint density at radius 2 is 2.00 bits per heavy atom. The van der Waals surface area contributed by atoms with Crippen molar-refractivity contribution in [3.63, 3.8) is 0 Å². The van der Waals surface area contributed by atoms with Gasteiger partial charge in [0, 0.05) is 11.1 Å². The molecule has 3 nitrogen and oxygen atoms in total. The molecular formula is C16H22Cl2N2O. The van der Waals surface area contributed by atoms with E-state index in [1.54, 1.807) is 18.2 Å². The van der Waals surface area contributed by atoms with Crippen molar-refractivity contribution < 1.29 is 4.79 Å². The van der Waals surface area contributed by atoms with Crippen LogP contribution in [-0.4, -0.2) is 29.9 Å². The fraction of sp³-hybridized carbons (Fsp3) is 0.562. The second-order valence-corrected chi connectivity index (χ2v) is 6.37. The average molecular weight is 329 g/mol. The molecule has 1 saturated carbocycles. The van der Waals surface area contributed by atoms with Gasteiger partial charge in [-0.1, -0.05) is 49.4 Å². The van der Waals surface area contributed by atoms with E-state index in [2.05, 4.69) is 17.1 Å². The predicted molar refractivity (Wildman–Crippen MR) is 89.2 cm³/mol. The molecule has 1 N–H and O–H groups in total. The Labute approximate surface area is 136 Å². The van der Waals surface area contributed by atoms with Crippen LogP contribution in [0.15, 0.2) is 18.2 Å². The van der Waals surface area contributed by atoms with E-state index in [1.165, 1.54) is 32.1 Å². The van der Waals surface area contributed by atoms with Crippen LogP contribution in [0.2, 0.25) is 10.0 Å². The molecule has 1 aromatic rings. The molecule has 0 unspecified atom stereocenters. The number of carbonyl (C=O) groups is 1. The van der Waals surface area contributed by atoms with Gasteiger partial charge in [-0.2, -0.15) is 0 Å². The van der Waals surface area contributed by atoms with Gasteiger partial charge < -0.3 is 5.32 Å². The zero-order valence-corrected chi connectivity index (χ0v) is 13.9. The maximum atomic E-state index is 12.2. The molecule has 1 fully saturated rings. The highest BCUT2D eigenvalue weighted by atomic mass is 35.5.